The second-order valence-electron chi connectivity index (χ2n) is 4.92. The van der Waals surface area contributed by atoms with E-state index in [9.17, 15) is 0 Å². The molecule has 1 aromatic rings. The molecule has 1 aliphatic heterocycles. The minimum atomic E-state index is -0.0923. The van der Waals surface area contributed by atoms with Gasteiger partial charge in [0.2, 0.25) is 5.96 Å². The lowest BCUT2D eigenvalue weighted by Crippen LogP contribution is -2.46. The second-order valence-corrected chi connectivity index (χ2v) is 4.92. The minimum absolute atomic E-state index is 0.0645. The predicted molar refractivity (Wildman–Crippen MR) is 87.9 cm³/mol. The highest BCUT2D eigenvalue weighted by atomic mass is 15.3. The van der Waals surface area contributed by atoms with E-state index in [-0.39, 0.29) is 11.9 Å². The summed E-state index contributed by atoms with van der Waals surface area (Å²) in [4.78, 5) is 12.8. The number of nitrogens with two attached hydrogens (primary N) is 3. The van der Waals surface area contributed by atoms with Crippen LogP contribution in [0.5, 0.6) is 0 Å². The molecule has 0 spiro atoms. The average molecular weight is 289 g/mol. The van der Waals surface area contributed by atoms with E-state index in [0.29, 0.717) is 0 Å². The topological polar surface area (TPSA) is 109 Å². The smallest absolute Gasteiger partial charge is 0.223 e. The van der Waals surface area contributed by atoms with Crippen LogP contribution in [0.2, 0.25) is 0 Å². The average Bonchev–Trinajstić information content (AvgIpc) is 2.47. The molecule has 0 unspecified atom stereocenters. The van der Waals surface area contributed by atoms with Gasteiger partial charge in [-0.25, -0.2) is 4.99 Å². The molecule has 7 nitrogen and oxygen atoms in total. The Hall–Kier alpha value is -2.28. The Bertz CT molecular complexity index is 526. The molecule has 0 bridgehead atoms. The summed E-state index contributed by atoms with van der Waals surface area (Å²) in [6.45, 7) is 7.33. The normalized spacial score (nSPS) is 16.8. The van der Waals surface area contributed by atoms with Gasteiger partial charge in [-0.15, -0.1) is 0 Å². The van der Waals surface area contributed by atoms with Crippen molar-refractivity contribution < 1.29 is 0 Å². The van der Waals surface area contributed by atoms with Crippen LogP contribution in [-0.2, 0) is 0 Å². The Morgan fingerprint density at radius 2 is 1.76 bits per heavy atom. The summed E-state index contributed by atoms with van der Waals surface area (Å²) in [6, 6.07) is 7.88. The predicted octanol–water partition coefficient (Wildman–Crippen LogP) is 0.0481. The minimum Gasteiger partial charge on any atom is -0.370 e. The van der Waals surface area contributed by atoms with E-state index in [1.807, 2.05) is 24.3 Å². The number of guanidine groups is 2. The van der Waals surface area contributed by atoms with Gasteiger partial charge in [-0.05, 0) is 18.7 Å². The van der Waals surface area contributed by atoms with Crippen LogP contribution in [-0.4, -0.2) is 49.5 Å². The van der Waals surface area contributed by atoms with Gasteiger partial charge >= 0.3 is 0 Å². The summed E-state index contributed by atoms with van der Waals surface area (Å²) in [6.07, 6.45) is 0. The van der Waals surface area contributed by atoms with Gasteiger partial charge in [0.05, 0.1) is 11.4 Å². The van der Waals surface area contributed by atoms with Crippen LogP contribution in [0.3, 0.4) is 0 Å². The number of benzene rings is 1. The van der Waals surface area contributed by atoms with E-state index in [1.54, 1.807) is 0 Å². The molecule has 1 fully saturated rings. The fourth-order valence-electron chi connectivity index (χ4n) is 2.41. The zero-order valence-corrected chi connectivity index (χ0v) is 12.4. The van der Waals surface area contributed by atoms with Gasteiger partial charge < -0.3 is 27.0 Å². The largest absolute Gasteiger partial charge is 0.370 e. The van der Waals surface area contributed by atoms with Crippen molar-refractivity contribution in [2.24, 2.45) is 27.2 Å². The molecule has 0 aromatic heterocycles. The molecule has 0 radical (unpaired) electrons. The monoisotopic (exact) mass is 289 g/mol. The Labute approximate surface area is 125 Å². The maximum Gasteiger partial charge on any atom is 0.223 e. The molecule has 0 atom stereocenters. The van der Waals surface area contributed by atoms with Crippen molar-refractivity contribution in [3.63, 3.8) is 0 Å². The second kappa shape index (κ2) is 6.94. The quantitative estimate of drug-likeness (QED) is 0.538. The maximum atomic E-state index is 5.72. The Morgan fingerprint density at radius 3 is 2.38 bits per heavy atom. The van der Waals surface area contributed by atoms with Crippen molar-refractivity contribution in [1.82, 2.24) is 4.90 Å². The number of likely N-dealkylation sites (N-methyl/N-ethyl adjacent to an activating group) is 1. The Kier molecular flexibility index (Phi) is 4.99. The molecule has 1 heterocycles. The number of hydrogen-bond donors (Lipinski definition) is 3. The van der Waals surface area contributed by atoms with Crippen molar-refractivity contribution in [3.05, 3.63) is 24.3 Å². The van der Waals surface area contributed by atoms with Crippen LogP contribution in [0.1, 0.15) is 6.92 Å². The zero-order valence-electron chi connectivity index (χ0n) is 12.4. The first kappa shape index (κ1) is 15.1. The summed E-state index contributed by atoms with van der Waals surface area (Å²) in [5.41, 5.74) is 18.2. The first-order chi connectivity index (χ1) is 10.1. The van der Waals surface area contributed by atoms with Gasteiger partial charge in [-0.2, -0.15) is 4.99 Å². The fraction of sp³-hybridized carbons (Fsp3) is 0.429. The lowest BCUT2D eigenvalue weighted by molar-refractivity contribution is 0.271. The van der Waals surface area contributed by atoms with Crippen molar-refractivity contribution in [3.8, 4) is 0 Å². The summed E-state index contributed by atoms with van der Waals surface area (Å²) >= 11 is 0. The van der Waals surface area contributed by atoms with E-state index in [0.717, 1.165) is 44.1 Å². The molecular weight excluding hydrogens is 266 g/mol. The fourth-order valence-corrected chi connectivity index (χ4v) is 2.41. The SMILES string of the molecule is CCN1CCN(c2ccccc2N=C(N)N=C(N)N)CC1. The third-order valence-corrected chi connectivity index (χ3v) is 3.52. The van der Waals surface area contributed by atoms with Crippen molar-refractivity contribution >= 4 is 23.3 Å². The van der Waals surface area contributed by atoms with E-state index >= 15 is 0 Å². The standard InChI is InChI=1S/C14H23N7/c1-2-20-7-9-21(10-8-20)12-6-4-3-5-11(12)18-14(17)19-13(15)16/h3-6H,2,7-10H2,1H3,(H6,15,16,17,18,19). The van der Waals surface area contributed by atoms with Crippen LogP contribution in [0.4, 0.5) is 11.4 Å². The van der Waals surface area contributed by atoms with E-state index in [4.69, 9.17) is 17.2 Å². The number of anilines is 1. The number of nitrogens with zero attached hydrogens (tertiary/aromatic N) is 4. The van der Waals surface area contributed by atoms with Crippen molar-refractivity contribution in [2.75, 3.05) is 37.6 Å². The molecule has 1 aliphatic rings. The van der Waals surface area contributed by atoms with Crippen LogP contribution in [0.25, 0.3) is 0 Å². The first-order valence-electron chi connectivity index (χ1n) is 7.10. The van der Waals surface area contributed by atoms with Gasteiger partial charge in [-0.1, -0.05) is 19.1 Å². The molecule has 1 saturated heterocycles. The molecule has 2 rings (SSSR count). The third-order valence-electron chi connectivity index (χ3n) is 3.52. The van der Waals surface area contributed by atoms with Crippen LogP contribution in [0.15, 0.2) is 34.3 Å². The van der Waals surface area contributed by atoms with E-state index in [1.165, 1.54) is 0 Å². The molecule has 114 valence electrons. The van der Waals surface area contributed by atoms with Crippen LogP contribution in [0, 0.1) is 0 Å². The van der Waals surface area contributed by atoms with Crippen LogP contribution >= 0.6 is 0 Å². The number of piperazine rings is 1. The lowest BCUT2D eigenvalue weighted by Gasteiger charge is -2.36. The number of aliphatic imine (C=N–C) groups is 2. The molecule has 21 heavy (non-hydrogen) atoms. The number of hydrogen-bond acceptors (Lipinski definition) is 3. The van der Waals surface area contributed by atoms with E-state index < -0.39 is 0 Å². The maximum absolute atomic E-state index is 5.72. The molecular formula is C14H23N7. The van der Waals surface area contributed by atoms with Crippen LogP contribution < -0.4 is 22.1 Å². The molecule has 0 aliphatic carbocycles. The summed E-state index contributed by atoms with van der Waals surface area (Å²) in [5, 5.41) is 0. The van der Waals surface area contributed by atoms with E-state index in [2.05, 4.69) is 26.7 Å². The molecule has 0 saturated carbocycles. The third kappa shape index (κ3) is 4.09. The highest BCUT2D eigenvalue weighted by Gasteiger charge is 2.17. The molecule has 1 aromatic carbocycles. The zero-order chi connectivity index (χ0) is 15.2. The number of rotatable bonds is 3. The van der Waals surface area contributed by atoms with Crippen molar-refractivity contribution in [1.29, 1.82) is 0 Å². The summed E-state index contributed by atoms with van der Waals surface area (Å²) in [7, 11) is 0. The van der Waals surface area contributed by atoms with Crippen molar-refractivity contribution in [2.45, 2.75) is 6.92 Å². The first-order valence-corrected chi connectivity index (χ1v) is 7.10. The van der Waals surface area contributed by atoms with Gasteiger partial charge in [0.15, 0.2) is 5.96 Å². The Morgan fingerprint density at radius 1 is 1.10 bits per heavy atom. The summed E-state index contributed by atoms with van der Waals surface area (Å²) in [5.74, 6) is -0.0278. The van der Waals surface area contributed by atoms with Gasteiger partial charge in [0, 0.05) is 26.2 Å². The highest BCUT2D eigenvalue weighted by molar-refractivity contribution is 5.94. The Balaban J connectivity index is 2.20. The lowest BCUT2D eigenvalue weighted by atomic mass is 10.2. The molecule has 7 heteroatoms. The number of para-hydroxylation sites is 2. The van der Waals surface area contributed by atoms with Gasteiger partial charge in [0.25, 0.3) is 0 Å². The molecule has 0 amide bonds. The molecule has 6 N–H and O–H groups in total. The van der Waals surface area contributed by atoms with Gasteiger partial charge in [-0.3, -0.25) is 0 Å². The summed E-state index contributed by atoms with van der Waals surface area (Å²) < 4.78 is 0. The van der Waals surface area contributed by atoms with Gasteiger partial charge in [0.1, 0.15) is 0 Å². The highest BCUT2D eigenvalue weighted by Crippen LogP contribution is 2.29.